The number of carbonyl (C=O) groups is 2. The van der Waals surface area contributed by atoms with Crippen LogP contribution in [-0.2, 0) is 15.0 Å². The van der Waals surface area contributed by atoms with Crippen LogP contribution in [0.1, 0.15) is 25.2 Å². The molecule has 2 aliphatic heterocycles. The number of aromatic nitrogens is 2. The molecule has 0 radical (unpaired) electrons. The molecular formula is C24H22N4O3. The van der Waals surface area contributed by atoms with Gasteiger partial charge in [-0.3, -0.25) is 14.5 Å². The summed E-state index contributed by atoms with van der Waals surface area (Å²) in [6, 6.07) is 11.5. The Balaban J connectivity index is 1.65. The Hall–Kier alpha value is -3.74. The standard InChI is InChI=1S/C24H22N4O3/c1-14-25-11-16(12-26-14)15-5-7-18-19(9-15)28(23(30)24(18,2)3)17-6-8-21-20(10-17)27(4)22(29)13-31-21/h5-12H,13H2,1-4H3. The molecule has 5 rings (SSSR count). The Morgan fingerprint density at radius 2 is 1.71 bits per heavy atom. The van der Waals surface area contributed by atoms with Crippen molar-refractivity contribution in [2.45, 2.75) is 26.2 Å². The summed E-state index contributed by atoms with van der Waals surface area (Å²) >= 11 is 0. The molecule has 0 saturated heterocycles. The zero-order valence-corrected chi connectivity index (χ0v) is 17.8. The van der Waals surface area contributed by atoms with Crippen LogP contribution in [0.25, 0.3) is 11.1 Å². The van der Waals surface area contributed by atoms with Crippen LogP contribution in [0, 0.1) is 6.92 Å². The van der Waals surface area contributed by atoms with E-state index in [0.29, 0.717) is 22.9 Å². The van der Waals surface area contributed by atoms with Gasteiger partial charge in [0.15, 0.2) is 6.61 Å². The lowest BCUT2D eigenvalue weighted by Gasteiger charge is -2.28. The molecule has 3 heterocycles. The number of fused-ring (bicyclic) bond motifs is 2. The molecule has 1 aromatic heterocycles. The van der Waals surface area contributed by atoms with Crippen LogP contribution >= 0.6 is 0 Å². The predicted octanol–water partition coefficient (Wildman–Crippen LogP) is 3.76. The van der Waals surface area contributed by atoms with E-state index in [4.69, 9.17) is 4.74 Å². The lowest BCUT2D eigenvalue weighted by Crippen LogP contribution is -2.36. The predicted molar refractivity (Wildman–Crippen MR) is 118 cm³/mol. The molecule has 31 heavy (non-hydrogen) atoms. The highest BCUT2D eigenvalue weighted by Gasteiger charge is 2.45. The fraction of sp³-hybridized carbons (Fsp3) is 0.250. The van der Waals surface area contributed by atoms with Crippen LogP contribution in [0.2, 0.25) is 0 Å². The molecule has 7 heteroatoms. The van der Waals surface area contributed by atoms with Gasteiger partial charge in [0.05, 0.1) is 22.5 Å². The van der Waals surface area contributed by atoms with Gasteiger partial charge in [0.25, 0.3) is 5.91 Å². The summed E-state index contributed by atoms with van der Waals surface area (Å²) < 4.78 is 5.54. The van der Waals surface area contributed by atoms with Crippen LogP contribution < -0.4 is 14.5 Å². The van der Waals surface area contributed by atoms with E-state index >= 15 is 0 Å². The van der Waals surface area contributed by atoms with Crippen molar-refractivity contribution in [3.8, 4) is 16.9 Å². The average molecular weight is 414 g/mol. The van der Waals surface area contributed by atoms with Crippen molar-refractivity contribution in [1.29, 1.82) is 0 Å². The SMILES string of the molecule is Cc1ncc(-c2ccc3c(c2)N(c2ccc4c(c2)N(C)C(=O)CO4)C(=O)C3(C)C)cn1. The van der Waals surface area contributed by atoms with E-state index in [2.05, 4.69) is 9.97 Å². The van der Waals surface area contributed by atoms with E-state index in [9.17, 15) is 9.59 Å². The van der Waals surface area contributed by atoms with Crippen molar-refractivity contribution >= 4 is 28.9 Å². The molecule has 0 atom stereocenters. The monoisotopic (exact) mass is 414 g/mol. The molecule has 0 bridgehead atoms. The summed E-state index contributed by atoms with van der Waals surface area (Å²) in [4.78, 5) is 37.4. The molecule has 156 valence electrons. The number of carbonyl (C=O) groups excluding carboxylic acids is 2. The first kappa shape index (κ1) is 19.2. The van der Waals surface area contributed by atoms with Crippen molar-refractivity contribution in [2.75, 3.05) is 23.5 Å². The Labute approximate surface area is 180 Å². The Morgan fingerprint density at radius 1 is 0.968 bits per heavy atom. The largest absolute Gasteiger partial charge is 0.482 e. The molecular weight excluding hydrogens is 392 g/mol. The van der Waals surface area contributed by atoms with Gasteiger partial charge in [-0.15, -0.1) is 0 Å². The number of anilines is 3. The summed E-state index contributed by atoms with van der Waals surface area (Å²) in [7, 11) is 1.71. The first-order valence-corrected chi connectivity index (χ1v) is 10.1. The molecule has 0 saturated carbocycles. The normalized spacial score (nSPS) is 16.8. The van der Waals surface area contributed by atoms with Crippen LogP contribution in [0.4, 0.5) is 17.1 Å². The van der Waals surface area contributed by atoms with E-state index in [-0.39, 0.29) is 18.4 Å². The molecule has 0 aliphatic carbocycles. The van der Waals surface area contributed by atoms with E-state index < -0.39 is 5.41 Å². The molecule has 0 unspecified atom stereocenters. The minimum absolute atomic E-state index is 0.0172. The number of ether oxygens (including phenoxy) is 1. The number of hydrogen-bond acceptors (Lipinski definition) is 5. The fourth-order valence-corrected chi connectivity index (χ4v) is 4.13. The second kappa shape index (κ2) is 6.63. The van der Waals surface area contributed by atoms with Crippen molar-refractivity contribution in [3.05, 3.63) is 60.2 Å². The number of hydrogen-bond donors (Lipinski definition) is 0. The first-order valence-electron chi connectivity index (χ1n) is 10.1. The van der Waals surface area contributed by atoms with E-state index in [0.717, 1.165) is 22.4 Å². The highest BCUT2D eigenvalue weighted by atomic mass is 16.5. The zero-order chi connectivity index (χ0) is 21.9. The minimum atomic E-state index is -0.675. The molecule has 0 fully saturated rings. The van der Waals surface area contributed by atoms with Crippen molar-refractivity contribution in [3.63, 3.8) is 0 Å². The highest BCUT2D eigenvalue weighted by Crippen LogP contribution is 2.48. The van der Waals surface area contributed by atoms with E-state index in [1.54, 1.807) is 29.2 Å². The van der Waals surface area contributed by atoms with Gasteiger partial charge in [0, 0.05) is 25.0 Å². The van der Waals surface area contributed by atoms with Gasteiger partial charge >= 0.3 is 0 Å². The smallest absolute Gasteiger partial charge is 0.264 e. The van der Waals surface area contributed by atoms with Gasteiger partial charge in [-0.2, -0.15) is 0 Å². The van der Waals surface area contributed by atoms with Gasteiger partial charge in [-0.05, 0) is 56.2 Å². The van der Waals surface area contributed by atoms with Crippen molar-refractivity contribution in [1.82, 2.24) is 9.97 Å². The molecule has 0 N–H and O–H groups in total. The van der Waals surface area contributed by atoms with Crippen LogP contribution in [0.5, 0.6) is 5.75 Å². The van der Waals surface area contributed by atoms with Crippen LogP contribution in [0.3, 0.4) is 0 Å². The average Bonchev–Trinajstić information content (AvgIpc) is 2.96. The second-order valence-corrected chi connectivity index (χ2v) is 8.41. The number of rotatable bonds is 2. The summed E-state index contributed by atoms with van der Waals surface area (Å²) in [5, 5.41) is 0. The summed E-state index contributed by atoms with van der Waals surface area (Å²) in [6.45, 7) is 5.72. The van der Waals surface area contributed by atoms with E-state index in [1.165, 1.54) is 0 Å². The minimum Gasteiger partial charge on any atom is -0.482 e. The zero-order valence-electron chi connectivity index (χ0n) is 17.8. The number of aryl methyl sites for hydroxylation is 1. The lowest BCUT2D eigenvalue weighted by atomic mass is 9.85. The Kier molecular flexibility index (Phi) is 4.12. The molecule has 7 nitrogen and oxygen atoms in total. The lowest BCUT2D eigenvalue weighted by molar-refractivity contribution is -0.121. The fourth-order valence-electron chi connectivity index (χ4n) is 4.13. The topological polar surface area (TPSA) is 75.6 Å². The first-order chi connectivity index (χ1) is 14.8. The van der Waals surface area contributed by atoms with Gasteiger partial charge < -0.3 is 9.64 Å². The quantitative estimate of drug-likeness (QED) is 0.638. The highest BCUT2D eigenvalue weighted by molar-refractivity contribution is 6.13. The Morgan fingerprint density at radius 3 is 2.45 bits per heavy atom. The van der Waals surface area contributed by atoms with Crippen LogP contribution in [-0.4, -0.2) is 35.4 Å². The molecule has 2 aliphatic rings. The number of benzene rings is 2. The van der Waals surface area contributed by atoms with Crippen LogP contribution in [0.15, 0.2) is 48.8 Å². The van der Waals surface area contributed by atoms with Gasteiger partial charge in [0.2, 0.25) is 5.91 Å². The third-order valence-electron chi connectivity index (χ3n) is 6.05. The maximum atomic E-state index is 13.5. The maximum Gasteiger partial charge on any atom is 0.264 e. The second-order valence-electron chi connectivity index (χ2n) is 8.41. The third kappa shape index (κ3) is 2.88. The molecule has 0 spiro atoms. The molecule has 2 amide bonds. The van der Waals surface area contributed by atoms with Crippen molar-refractivity contribution < 1.29 is 14.3 Å². The molecule has 2 aromatic carbocycles. The molecule has 3 aromatic rings. The van der Waals surface area contributed by atoms with Gasteiger partial charge in [0.1, 0.15) is 11.6 Å². The third-order valence-corrected chi connectivity index (χ3v) is 6.05. The van der Waals surface area contributed by atoms with Crippen molar-refractivity contribution in [2.24, 2.45) is 0 Å². The Bertz CT molecular complexity index is 1230. The number of nitrogens with zero attached hydrogens (tertiary/aromatic N) is 4. The number of likely N-dealkylation sites (N-methyl/N-ethyl adjacent to an activating group) is 1. The van der Waals surface area contributed by atoms with Gasteiger partial charge in [-0.25, -0.2) is 9.97 Å². The summed E-state index contributed by atoms with van der Waals surface area (Å²) in [5.41, 5.74) is 4.25. The van der Waals surface area contributed by atoms with E-state index in [1.807, 2.05) is 57.2 Å². The summed E-state index contributed by atoms with van der Waals surface area (Å²) in [5.74, 6) is 1.19. The van der Waals surface area contributed by atoms with Gasteiger partial charge in [-0.1, -0.05) is 12.1 Å². The summed E-state index contributed by atoms with van der Waals surface area (Å²) in [6.07, 6.45) is 3.57. The number of amides is 2. The maximum absolute atomic E-state index is 13.5.